The van der Waals surface area contributed by atoms with Crippen molar-refractivity contribution in [3.63, 3.8) is 0 Å². The van der Waals surface area contributed by atoms with Gasteiger partial charge in [-0.3, -0.25) is 4.79 Å². The molecule has 1 aromatic carbocycles. The molecular weight excluding hydrogens is 264 g/mol. The van der Waals surface area contributed by atoms with Crippen LogP contribution in [0.5, 0.6) is 5.75 Å². The summed E-state index contributed by atoms with van der Waals surface area (Å²) in [5.41, 5.74) is 0.680. The van der Waals surface area contributed by atoms with E-state index in [9.17, 15) is 4.79 Å². The van der Waals surface area contributed by atoms with Gasteiger partial charge < -0.3 is 15.0 Å². The van der Waals surface area contributed by atoms with E-state index in [2.05, 4.69) is 12.2 Å². The van der Waals surface area contributed by atoms with Crippen LogP contribution in [-0.4, -0.2) is 43.1 Å². The second kappa shape index (κ2) is 8.03. The van der Waals surface area contributed by atoms with Gasteiger partial charge in [-0.2, -0.15) is 0 Å². The Labute approximate surface area is 127 Å². The maximum absolute atomic E-state index is 12.6. The van der Waals surface area contributed by atoms with Crippen LogP contribution < -0.4 is 10.1 Å². The molecule has 1 N–H and O–H groups in total. The summed E-state index contributed by atoms with van der Waals surface area (Å²) in [6.45, 7) is 7.39. The van der Waals surface area contributed by atoms with Crippen LogP contribution in [0.3, 0.4) is 0 Å². The SMILES string of the molecule is CCCNC1CCN(C(=O)c2ccccc2OCC)CC1. The first-order valence-electron chi connectivity index (χ1n) is 8.00. The zero-order valence-electron chi connectivity index (χ0n) is 13.1. The van der Waals surface area contributed by atoms with E-state index < -0.39 is 0 Å². The molecule has 1 amide bonds. The third-order valence-electron chi connectivity index (χ3n) is 3.88. The van der Waals surface area contributed by atoms with Crippen LogP contribution in [0.4, 0.5) is 0 Å². The van der Waals surface area contributed by atoms with Gasteiger partial charge in [-0.05, 0) is 44.9 Å². The summed E-state index contributed by atoms with van der Waals surface area (Å²) < 4.78 is 5.56. The van der Waals surface area contributed by atoms with Crippen molar-refractivity contribution in [1.29, 1.82) is 0 Å². The standard InChI is InChI=1S/C17H26N2O2/c1-3-11-18-14-9-12-19(13-10-14)17(20)15-7-5-6-8-16(15)21-4-2/h5-8,14,18H,3-4,9-13H2,1-2H3. The van der Waals surface area contributed by atoms with E-state index in [1.807, 2.05) is 36.1 Å². The minimum absolute atomic E-state index is 0.0907. The largest absolute Gasteiger partial charge is 0.493 e. The molecule has 0 aliphatic carbocycles. The van der Waals surface area contributed by atoms with E-state index in [4.69, 9.17) is 4.74 Å². The average molecular weight is 290 g/mol. The monoisotopic (exact) mass is 290 g/mol. The minimum atomic E-state index is 0.0907. The first-order valence-corrected chi connectivity index (χ1v) is 8.00. The number of nitrogens with zero attached hydrogens (tertiary/aromatic N) is 1. The van der Waals surface area contributed by atoms with Crippen molar-refractivity contribution < 1.29 is 9.53 Å². The summed E-state index contributed by atoms with van der Waals surface area (Å²) in [7, 11) is 0. The molecule has 1 saturated heterocycles. The molecule has 0 atom stereocenters. The van der Waals surface area contributed by atoms with Crippen LogP contribution in [0.2, 0.25) is 0 Å². The number of para-hydroxylation sites is 1. The Balaban J connectivity index is 1.96. The Hall–Kier alpha value is -1.55. The molecule has 0 aromatic heterocycles. The van der Waals surface area contributed by atoms with Gasteiger partial charge in [-0.15, -0.1) is 0 Å². The molecule has 1 aliphatic heterocycles. The van der Waals surface area contributed by atoms with E-state index in [-0.39, 0.29) is 5.91 Å². The summed E-state index contributed by atoms with van der Waals surface area (Å²) in [5.74, 6) is 0.782. The molecule has 0 unspecified atom stereocenters. The summed E-state index contributed by atoms with van der Waals surface area (Å²) in [5, 5.41) is 3.54. The number of likely N-dealkylation sites (tertiary alicyclic amines) is 1. The fourth-order valence-corrected chi connectivity index (χ4v) is 2.73. The normalized spacial score (nSPS) is 16.0. The highest BCUT2D eigenvalue weighted by Gasteiger charge is 2.24. The molecule has 1 fully saturated rings. The Kier molecular flexibility index (Phi) is 6.05. The molecule has 1 heterocycles. The van der Waals surface area contributed by atoms with Gasteiger partial charge >= 0.3 is 0 Å². The lowest BCUT2D eigenvalue weighted by Crippen LogP contribution is -2.45. The van der Waals surface area contributed by atoms with Crippen LogP contribution in [0.15, 0.2) is 24.3 Å². The third kappa shape index (κ3) is 4.21. The summed E-state index contributed by atoms with van der Waals surface area (Å²) in [6, 6.07) is 8.07. The van der Waals surface area contributed by atoms with E-state index >= 15 is 0 Å². The van der Waals surface area contributed by atoms with E-state index in [0.717, 1.165) is 38.9 Å². The van der Waals surface area contributed by atoms with E-state index in [1.165, 1.54) is 0 Å². The second-order valence-corrected chi connectivity index (χ2v) is 5.45. The fourth-order valence-electron chi connectivity index (χ4n) is 2.73. The lowest BCUT2D eigenvalue weighted by Gasteiger charge is -2.32. The molecule has 1 aromatic rings. The van der Waals surface area contributed by atoms with Crippen molar-refractivity contribution in [1.82, 2.24) is 10.2 Å². The van der Waals surface area contributed by atoms with E-state index in [0.29, 0.717) is 24.0 Å². The molecular formula is C17H26N2O2. The van der Waals surface area contributed by atoms with Crippen LogP contribution >= 0.6 is 0 Å². The van der Waals surface area contributed by atoms with Gasteiger partial charge in [0.2, 0.25) is 0 Å². The number of piperidine rings is 1. The molecule has 0 saturated carbocycles. The van der Waals surface area contributed by atoms with Crippen LogP contribution in [0.1, 0.15) is 43.5 Å². The molecule has 116 valence electrons. The molecule has 21 heavy (non-hydrogen) atoms. The number of benzene rings is 1. The highest BCUT2D eigenvalue weighted by atomic mass is 16.5. The lowest BCUT2D eigenvalue weighted by molar-refractivity contribution is 0.0701. The number of ether oxygens (including phenoxy) is 1. The molecule has 0 bridgehead atoms. The van der Waals surface area contributed by atoms with Gasteiger partial charge in [0.15, 0.2) is 0 Å². The zero-order valence-corrected chi connectivity index (χ0v) is 13.1. The lowest BCUT2D eigenvalue weighted by atomic mass is 10.0. The third-order valence-corrected chi connectivity index (χ3v) is 3.88. The first kappa shape index (κ1) is 15.8. The zero-order chi connectivity index (χ0) is 15.1. The maximum Gasteiger partial charge on any atom is 0.257 e. The average Bonchev–Trinajstić information content (AvgIpc) is 2.53. The Morgan fingerprint density at radius 2 is 2.00 bits per heavy atom. The van der Waals surface area contributed by atoms with Gasteiger partial charge in [-0.25, -0.2) is 0 Å². The Morgan fingerprint density at radius 3 is 2.67 bits per heavy atom. The predicted octanol–water partition coefficient (Wildman–Crippen LogP) is 2.69. The number of nitrogens with one attached hydrogen (secondary N) is 1. The molecule has 0 spiro atoms. The molecule has 2 rings (SSSR count). The topological polar surface area (TPSA) is 41.6 Å². The van der Waals surface area contributed by atoms with Crippen LogP contribution in [-0.2, 0) is 0 Å². The summed E-state index contributed by atoms with van der Waals surface area (Å²) in [4.78, 5) is 14.6. The first-order chi connectivity index (χ1) is 10.3. The number of hydrogen-bond acceptors (Lipinski definition) is 3. The highest BCUT2D eigenvalue weighted by molar-refractivity contribution is 5.97. The van der Waals surface area contributed by atoms with E-state index in [1.54, 1.807) is 0 Å². The molecule has 1 aliphatic rings. The highest BCUT2D eigenvalue weighted by Crippen LogP contribution is 2.22. The Morgan fingerprint density at radius 1 is 1.29 bits per heavy atom. The smallest absolute Gasteiger partial charge is 0.257 e. The van der Waals surface area contributed by atoms with Crippen molar-refractivity contribution in [3.05, 3.63) is 29.8 Å². The number of carbonyl (C=O) groups excluding carboxylic acids is 1. The van der Waals surface area contributed by atoms with Crippen LogP contribution in [0, 0.1) is 0 Å². The quantitative estimate of drug-likeness (QED) is 0.876. The van der Waals surface area contributed by atoms with Gasteiger partial charge in [0.1, 0.15) is 5.75 Å². The predicted molar refractivity (Wildman–Crippen MR) is 84.8 cm³/mol. The number of hydrogen-bond donors (Lipinski definition) is 1. The van der Waals surface area contributed by atoms with Crippen molar-refractivity contribution >= 4 is 5.91 Å². The van der Waals surface area contributed by atoms with Crippen LogP contribution in [0.25, 0.3) is 0 Å². The van der Waals surface area contributed by atoms with Crippen molar-refractivity contribution in [2.24, 2.45) is 0 Å². The van der Waals surface area contributed by atoms with Gasteiger partial charge in [0, 0.05) is 19.1 Å². The fraction of sp³-hybridized carbons (Fsp3) is 0.588. The maximum atomic E-state index is 12.6. The van der Waals surface area contributed by atoms with Crippen molar-refractivity contribution in [2.75, 3.05) is 26.2 Å². The molecule has 4 heteroatoms. The van der Waals surface area contributed by atoms with Gasteiger partial charge in [0.05, 0.1) is 12.2 Å². The second-order valence-electron chi connectivity index (χ2n) is 5.45. The van der Waals surface area contributed by atoms with Gasteiger partial charge in [0.25, 0.3) is 5.91 Å². The minimum Gasteiger partial charge on any atom is -0.493 e. The number of amides is 1. The van der Waals surface area contributed by atoms with Crippen molar-refractivity contribution in [3.8, 4) is 5.75 Å². The Bertz CT molecular complexity index is 454. The van der Waals surface area contributed by atoms with Gasteiger partial charge in [-0.1, -0.05) is 19.1 Å². The number of carbonyl (C=O) groups is 1. The molecule has 4 nitrogen and oxygen atoms in total. The molecule has 0 radical (unpaired) electrons. The summed E-state index contributed by atoms with van der Waals surface area (Å²) >= 11 is 0. The number of rotatable bonds is 6. The summed E-state index contributed by atoms with van der Waals surface area (Å²) in [6.07, 6.45) is 3.21. The van der Waals surface area contributed by atoms with Crippen molar-refractivity contribution in [2.45, 2.75) is 39.2 Å².